The lowest BCUT2D eigenvalue weighted by Crippen LogP contribution is -2.31. The molecule has 0 aliphatic heterocycles. The van der Waals surface area contributed by atoms with E-state index in [4.69, 9.17) is 4.74 Å². The zero-order chi connectivity index (χ0) is 20.4. The number of H-pyrrole nitrogens is 1. The molecular formula is C20H21N3O4S. The number of aryl methyl sites for hydroxylation is 3. The fourth-order valence-electron chi connectivity index (χ4n) is 2.80. The Bertz CT molecular complexity index is 1120. The molecule has 0 fully saturated rings. The number of nitrogens with zero attached hydrogens (tertiary/aromatic N) is 1. The second-order valence-corrected chi connectivity index (χ2v) is 7.80. The number of benzene rings is 1. The van der Waals surface area contributed by atoms with E-state index in [1.807, 2.05) is 26.8 Å². The summed E-state index contributed by atoms with van der Waals surface area (Å²) in [7, 11) is 0. The maximum absolute atomic E-state index is 12.3. The van der Waals surface area contributed by atoms with Crippen LogP contribution in [0.5, 0.6) is 0 Å². The van der Waals surface area contributed by atoms with Gasteiger partial charge in [-0.1, -0.05) is 17.7 Å². The SMILES string of the molecule is Cc1cccc(C(=O)NCC(=O)O[C@H](C)c2nc3sc(C)c(C)c3c(=O)[nH]2)c1. The lowest BCUT2D eigenvalue weighted by molar-refractivity contribution is -0.147. The first-order valence-electron chi connectivity index (χ1n) is 8.80. The number of ether oxygens (including phenoxy) is 1. The summed E-state index contributed by atoms with van der Waals surface area (Å²) < 4.78 is 5.31. The summed E-state index contributed by atoms with van der Waals surface area (Å²) in [5.41, 5.74) is 2.08. The van der Waals surface area contributed by atoms with Crippen molar-refractivity contribution in [2.24, 2.45) is 0 Å². The van der Waals surface area contributed by atoms with Crippen LogP contribution in [0.2, 0.25) is 0 Å². The molecular weight excluding hydrogens is 378 g/mol. The maximum atomic E-state index is 12.3. The Morgan fingerprint density at radius 3 is 2.75 bits per heavy atom. The van der Waals surface area contributed by atoms with E-state index < -0.39 is 12.1 Å². The van der Waals surface area contributed by atoms with Crippen LogP contribution in [0.1, 0.15) is 45.2 Å². The van der Waals surface area contributed by atoms with Gasteiger partial charge < -0.3 is 15.0 Å². The van der Waals surface area contributed by atoms with Gasteiger partial charge in [-0.3, -0.25) is 14.4 Å². The van der Waals surface area contributed by atoms with Gasteiger partial charge in [0.05, 0.1) is 5.39 Å². The largest absolute Gasteiger partial charge is 0.453 e. The van der Waals surface area contributed by atoms with Crippen LogP contribution in [0.3, 0.4) is 0 Å². The first-order chi connectivity index (χ1) is 13.3. The second kappa shape index (κ2) is 7.93. The highest BCUT2D eigenvalue weighted by Gasteiger charge is 2.18. The molecule has 1 atom stereocenters. The van der Waals surface area contributed by atoms with Crippen molar-refractivity contribution in [3.63, 3.8) is 0 Å². The minimum absolute atomic E-state index is 0.252. The molecule has 0 radical (unpaired) electrons. The van der Waals surface area contributed by atoms with Gasteiger partial charge in [0.1, 0.15) is 11.4 Å². The van der Waals surface area contributed by atoms with Gasteiger partial charge >= 0.3 is 5.97 Å². The zero-order valence-electron chi connectivity index (χ0n) is 16.1. The molecule has 8 heteroatoms. The Hall–Kier alpha value is -3.00. The van der Waals surface area contributed by atoms with Gasteiger partial charge in [0.15, 0.2) is 11.9 Å². The van der Waals surface area contributed by atoms with Crippen LogP contribution in [-0.2, 0) is 9.53 Å². The van der Waals surface area contributed by atoms with Crippen molar-refractivity contribution in [2.75, 3.05) is 6.54 Å². The fourth-order valence-corrected chi connectivity index (χ4v) is 3.84. The van der Waals surface area contributed by atoms with E-state index in [-0.39, 0.29) is 23.8 Å². The van der Waals surface area contributed by atoms with Crippen LogP contribution in [0.15, 0.2) is 29.1 Å². The average molecular weight is 399 g/mol. The second-order valence-electron chi connectivity index (χ2n) is 6.60. The molecule has 28 heavy (non-hydrogen) atoms. The number of carbonyl (C=O) groups is 2. The van der Waals surface area contributed by atoms with Crippen molar-refractivity contribution in [2.45, 2.75) is 33.8 Å². The Morgan fingerprint density at radius 2 is 2.04 bits per heavy atom. The number of nitrogens with one attached hydrogen (secondary N) is 2. The third-order valence-electron chi connectivity index (χ3n) is 4.42. The zero-order valence-corrected chi connectivity index (χ0v) is 16.9. The van der Waals surface area contributed by atoms with Crippen molar-refractivity contribution in [3.05, 3.63) is 62.0 Å². The van der Waals surface area contributed by atoms with Crippen LogP contribution < -0.4 is 10.9 Å². The molecule has 3 aromatic rings. The number of esters is 1. The van der Waals surface area contributed by atoms with Crippen molar-refractivity contribution in [1.29, 1.82) is 0 Å². The van der Waals surface area contributed by atoms with Crippen LogP contribution in [0.25, 0.3) is 10.2 Å². The predicted octanol–water partition coefficient (Wildman–Crippen LogP) is 2.94. The molecule has 146 valence electrons. The summed E-state index contributed by atoms with van der Waals surface area (Å²) in [6, 6.07) is 7.06. The van der Waals surface area contributed by atoms with Crippen molar-refractivity contribution >= 4 is 33.4 Å². The Morgan fingerprint density at radius 1 is 1.29 bits per heavy atom. The quantitative estimate of drug-likeness (QED) is 0.643. The van der Waals surface area contributed by atoms with Gasteiger partial charge in [0.2, 0.25) is 0 Å². The summed E-state index contributed by atoms with van der Waals surface area (Å²) in [6.07, 6.45) is -0.747. The molecule has 0 bridgehead atoms. The number of aromatic amines is 1. The van der Waals surface area contributed by atoms with E-state index in [9.17, 15) is 14.4 Å². The van der Waals surface area contributed by atoms with Gasteiger partial charge in [-0.15, -0.1) is 11.3 Å². The van der Waals surface area contributed by atoms with Gasteiger partial charge in [-0.25, -0.2) is 4.98 Å². The number of amides is 1. The summed E-state index contributed by atoms with van der Waals surface area (Å²) in [5.74, 6) is -0.697. The van der Waals surface area contributed by atoms with E-state index in [0.717, 1.165) is 16.0 Å². The molecule has 0 aliphatic carbocycles. The van der Waals surface area contributed by atoms with E-state index in [2.05, 4.69) is 15.3 Å². The molecule has 0 saturated heterocycles. The summed E-state index contributed by atoms with van der Waals surface area (Å²) >= 11 is 1.43. The number of thiophene rings is 1. The van der Waals surface area contributed by atoms with Gasteiger partial charge in [-0.2, -0.15) is 0 Å². The summed E-state index contributed by atoms with van der Waals surface area (Å²) in [4.78, 5) is 45.3. The van der Waals surface area contributed by atoms with Gasteiger partial charge in [0.25, 0.3) is 11.5 Å². The maximum Gasteiger partial charge on any atom is 0.326 e. The number of hydrogen-bond donors (Lipinski definition) is 2. The number of carbonyl (C=O) groups excluding carboxylic acids is 2. The highest BCUT2D eigenvalue weighted by atomic mass is 32.1. The average Bonchev–Trinajstić information content (AvgIpc) is 2.94. The van der Waals surface area contributed by atoms with Gasteiger partial charge in [-0.05, 0) is 45.4 Å². The van der Waals surface area contributed by atoms with Crippen molar-refractivity contribution < 1.29 is 14.3 Å². The number of fused-ring (bicyclic) bond motifs is 1. The lowest BCUT2D eigenvalue weighted by Gasteiger charge is -2.13. The molecule has 0 aliphatic rings. The van der Waals surface area contributed by atoms with Crippen LogP contribution >= 0.6 is 11.3 Å². The lowest BCUT2D eigenvalue weighted by atomic mass is 10.1. The Kier molecular flexibility index (Phi) is 5.60. The molecule has 7 nitrogen and oxygen atoms in total. The summed E-state index contributed by atoms with van der Waals surface area (Å²) in [6.45, 7) is 7.04. The number of hydrogen-bond acceptors (Lipinski definition) is 6. The molecule has 2 heterocycles. The Balaban J connectivity index is 1.65. The Labute approximate surface area is 165 Å². The topological polar surface area (TPSA) is 101 Å². The molecule has 3 rings (SSSR count). The van der Waals surface area contributed by atoms with E-state index in [1.54, 1.807) is 25.1 Å². The molecule has 0 spiro atoms. The van der Waals surface area contributed by atoms with Crippen molar-refractivity contribution in [1.82, 2.24) is 15.3 Å². The summed E-state index contributed by atoms with van der Waals surface area (Å²) in [5, 5.41) is 3.10. The third kappa shape index (κ3) is 4.12. The van der Waals surface area contributed by atoms with E-state index >= 15 is 0 Å². The molecule has 0 saturated carbocycles. The monoisotopic (exact) mass is 399 g/mol. The van der Waals surface area contributed by atoms with E-state index in [0.29, 0.717) is 15.8 Å². The minimum Gasteiger partial charge on any atom is -0.453 e. The minimum atomic E-state index is -0.747. The predicted molar refractivity (Wildman–Crippen MR) is 108 cm³/mol. The van der Waals surface area contributed by atoms with Crippen molar-refractivity contribution in [3.8, 4) is 0 Å². The van der Waals surface area contributed by atoms with Gasteiger partial charge in [0, 0.05) is 10.4 Å². The first-order valence-corrected chi connectivity index (χ1v) is 9.62. The third-order valence-corrected chi connectivity index (χ3v) is 5.53. The smallest absolute Gasteiger partial charge is 0.326 e. The first kappa shape index (κ1) is 19.8. The molecule has 0 unspecified atom stereocenters. The molecule has 1 aromatic carbocycles. The van der Waals surface area contributed by atoms with Crippen LogP contribution in [-0.4, -0.2) is 28.4 Å². The number of aromatic nitrogens is 2. The van der Waals surface area contributed by atoms with Crippen LogP contribution in [0, 0.1) is 20.8 Å². The standard InChI is InChI=1S/C20H21N3O4S/c1-10-6-5-7-14(8-10)18(25)21-9-15(24)27-12(3)17-22-19(26)16-11(2)13(4)28-20(16)23-17/h5-8,12H,9H2,1-4H3,(H,21,25)(H,22,23,26)/t12-/m1/s1. The molecule has 1 amide bonds. The normalized spacial score (nSPS) is 12.0. The highest BCUT2D eigenvalue weighted by Crippen LogP contribution is 2.26. The fraction of sp³-hybridized carbons (Fsp3) is 0.300. The van der Waals surface area contributed by atoms with Crippen LogP contribution in [0.4, 0.5) is 0 Å². The molecule has 2 aromatic heterocycles. The molecule has 2 N–H and O–H groups in total. The van der Waals surface area contributed by atoms with E-state index in [1.165, 1.54) is 11.3 Å². The highest BCUT2D eigenvalue weighted by molar-refractivity contribution is 7.18. The number of rotatable bonds is 5.